The van der Waals surface area contributed by atoms with Crippen LogP contribution in [-0.4, -0.2) is 11.2 Å². The van der Waals surface area contributed by atoms with Crippen LogP contribution in [0, 0.1) is 29.1 Å². The van der Waals surface area contributed by atoms with Gasteiger partial charge < -0.3 is 0 Å². The molecule has 3 heteroatoms. The van der Waals surface area contributed by atoms with Gasteiger partial charge in [-0.25, -0.2) is 0 Å². The second kappa shape index (κ2) is 10.7. The van der Waals surface area contributed by atoms with Gasteiger partial charge in [0.25, 0.3) is 0 Å². The number of carbonyl (C=O) groups excluding carboxylic acids is 1. The van der Waals surface area contributed by atoms with Gasteiger partial charge in [0, 0.05) is 11.3 Å². The Labute approximate surface area is 198 Å². The van der Waals surface area contributed by atoms with Crippen LogP contribution in [0.15, 0.2) is 48.5 Å². The van der Waals surface area contributed by atoms with E-state index in [4.69, 9.17) is 16.9 Å². The molecule has 0 heterocycles. The summed E-state index contributed by atoms with van der Waals surface area (Å²) in [7, 11) is 0. The lowest BCUT2D eigenvalue weighted by atomic mass is 9.73. The van der Waals surface area contributed by atoms with E-state index in [1.807, 2.05) is 24.3 Å². The number of hydrogen-bond acceptors (Lipinski definition) is 2. The fourth-order valence-corrected chi connectivity index (χ4v) is 6.32. The maximum atomic E-state index is 11.6. The molecule has 2 nitrogen and oxygen atoms in total. The number of Topliss-reactive ketones (excluding diaryl/α,β-unsaturated/α-hetero) is 1. The number of carbonyl (C=O) groups is 1. The third kappa shape index (κ3) is 5.62. The second-order valence-corrected chi connectivity index (χ2v) is 10.6. The molecule has 0 spiro atoms. The maximum Gasteiger partial charge on any atom is 0.132 e. The summed E-state index contributed by atoms with van der Waals surface area (Å²) in [6.45, 7) is 1.74. The molecule has 2 aromatic carbocycles. The van der Waals surface area contributed by atoms with Crippen molar-refractivity contribution in [1.82, 2.24) is 0 Å². The summed E-state index contributed by atoms with van der Waals surface area (Å²) in [4.78, 5) is 11.6. The van der Waals surface area contributed by atoms with Gasteiger partial charge in [-0.1, -0.05) is 36.4 Å². The molecule has 0 N–H and O–H groups in total. The standard InChI is InChI=1S/C29H34ClNO/c1-20(32)23-10-16-28(17-11-23)29(30)18-21-2-6-24(7-3-21)26-12-14-27(15-13-26)25-8-4-22(19-31)5-9-25/h4-5,8-9,12-15,21,23-24,28-29H,2-3,6-7,10-11,16-18H2,1H3. The SMILES string of the molecule is CC(=O)C1CCC(C(Cl)CC2CCC(c3ccc(-c4ccc(C#N)cc4)cc3)CC2)CC1. The molecule has 2 fully saturated rings. The predicted molar refractivity (Wildman–Crippen MR) is 132 cm³/mol. The summed E-state index contributed by atoms with van der Waals surface area (Å²) in [5.74, 6) is 2.64. The van der Waals surface area contributed by atoms with Crippen LogP contribution in [0.25, 0.3) is 11.1 Å². The minimum atomic E-state index is 0.274. The van der Waals surface area contributed by atoms with E-state index in [0.717, 1.165) is 43.6 Å². The Bertz CT molecular complexity index is 927. The van der Waals surface area contributed by atoms with E-state index in [9.17, 15) is 4.79 Å². The highest BCUT2D eigenvalue weighted by molar-refractivity contribution is 6.20. The first kappa shape index (κ1) is 23.1. The third-order valence-electron chi connectivity index (χ3n) is 7.99. The van der Waals surface area contributed by atoms with Crippen LogP contribution in [0.5, 0.6) is 0 Å². The van der Waals surface area contributed by atoms with E-state index in [1.165, 1.54) is 36.8 Å². The van der Waals surface area contributed by atoms with Gasteiger partial charge in [0.2, 0.25) is 0 Å². The Hall–Kier alpha value is -2.11. The Morgan fingerprint density at radius 2 is 1.47 bits per heavy atom. The topological polar surface area (TPSA) is 40.9 Å². The molecule has 0 radical (unpaired) electrons. The first-order valence-electron chi connectivity index (χ1n) is 12.3. The molecule has 0 saturated heterocycles. The van der Waals surface area contributed by atoms with Crippen LogP contribution in [-0.2, 0) is 4.79 Å². The number of alkyl halides is 1. The summed E-state index contributed by atoms with van der Waals surface area (Å²) >= 11 is 6.87. The van der Waals surface area contributed by atoms with Crippen LogP contribution >= 0.6 is 11.6 Å². The van der Waals surface area contributed by atoms with Crippen molar-refractivity contribution in [2.24, 2.45) is 17.8 Å². The molecule has 1 unspecified atom stereocenters. The minimum absolute atomic E-state index is 0.274. The van der Waals surface area contributed by atoms with Crippen molar-refractivity contribution in [3.8, 4) is 17.2 Å². The van der Waals surface area contributed by atoms with E-state index in [1.54, 1.807) is 6.92 Å². The Balaban J connectivity index is 1.25. The van der Waals surface area contributed by atoms with Crippen LogP contribution in [0.1, 0.15) is 81.8 Å². The lowest BCUT2D eigenvalue weighted by Gasteiger charge is -2.34. The largest absolute Gasteiger partial charge is 0.300 e. The molecule has 0 amide bonds. The minimum Gasteiger partial charge on any atom is -0.300 e. The molecule has 2 aliphatic rings. The van der Waals surface area contributed by atoms with Crippen LogP contribution < -0.4 is 0 Å². The van der Waals surface area contributed by atoms with Gasteiger partial charge in [0.15, 0.2) is 0 Å². The molecule has 0 bridgehead atoms. The number of nitriles is 1. The smallest absolute Gasteiger partial charge is 0.132 e. The Kier molecular flexibility index (Phi) is 7.69. The summed E-state index contributed by atoms with van der Waals surface area (Å²) in [6.07, 6.45) is 10.5. The molecule has 2 aromatic rings. The number of ketones is 1. The summed E-state index contributed by atoms with van der Waals surface area (Å²) < 4.78 is 0. The zero-order chi connectivity index (χ0) is 22.5. The molecule has 2 saturated carbocycles. The number of halogens is 1. The molecule has 1 atom stereocenters. The van der Waals surface area contributed by atoms with Gasteiger partial charge in [0.05, 0.1) is 11.6 Å². The van der Waals surface area contributed by atoms with E-state index in [0.29, 0.717) is 23.2 Å². The maximum absolute atomic E-state index is 11.6. The van der Waals surface area contributed by atoms with Gasteiger partial charge >= 0.3 is 0 Å². The second-order valence-electron chi connectivity index (χ2n) is 10.0. The molecule has 0 aromatic heterocycles. The summed E-state index contributed by atoms with van der Waals surface area (Å²) in [6, 6.07) is 19.0. The lowest BCUT2D eigenvalue weighted by molar-refractivity contribution is -0.121. The highest BCUT2D eigenvalue weighted by Gasteiger charge is 2.31. The lowest BCUT2D eigenvalue weighted by Crippen LogP contribution is -2.27. The fourth-order valence-electron chi connectivity index (χ4n) is 5.81. The van der Waals surface area contributed by atoms with Crippen molar-refractivity contribution in [2.45, 2.75) is 76.0 Å². The normalized spacial score (nSPS) is 26.8. The van der Waals surface area contributed by atoms with Crippen molar-refractivity contribution in [1.29, 1.82) is 5.26 Å². The number of rotatable bonds is 6. The molecular formula is C29H34ClNO. The molecule has 168 valence electrons. The van der Waals surface area contributed by atoms with E-state index < -0.39 is 0 Å². The van der Waals surface area contributed by atoms with Crippen molar-refractivity contribution in [2.75, 3.05) is 0 Å². The van der Waals surface area contributed by atoms with Crippen LogP contribution in [0.4, 0.5) is 0 Å². The highest BCUT2D eigenvalue weighted by atomic mass is 35.5. The molecule has 32 heavy (non-hydrogen) atoms. The monoisotopic (exact) mass is 447 g/mol. The van der Waals surface area contributed by atoms with Gasteiger partial charge in [-0.2, -0.15) is 5.26 Å². The summed E-state index contributed by atoms with van der Waals surface area (Å²) in [5.41, 5.74) is 4.51. The predicted octanol–water partition coefficient (Wildman–Crippen LogP) is 7.89. The number of hydrogen-bond donors (Lipinski definition) is 0. The molecule has 0 aliphatic heterocycles. The van der Waals surface area contributed by atoms with Gasteiger partial charge in [-0.15, -0.1) is 11.6 Å². The highest BCUT2D eigenvalue weighted by Crippen LogP contribution is 2.41. The first-order valence-corrected chi connectivity index (χ1v) is 12.7. The Morgan fingerprint density at radius 1 is 0.906 bits per heavy atom. The zero-order valence-electron chi connectivity index (χ0n) is 19.1. The average Bonchev–Trinajstić information content (AvgIpc) is 2.85. The van der Waals surface area contributed by atoms with Crippen molar-refractivity contribution in [3.63, 3.8) is 0 Å². The first-order chi connectivity index (χ1) is 15.5. The summed E-state index contributed by atoms with van der Waals surface area (Å²) in [5, 5.41) is 9.25. The van der Waals surface area contributed by atoms with Crippen molar-refractivity contribution in [3.05, 3.63) is 59.7 Å². The van der Waals surface area contributed by atoms with E-state index in [-0.39, 0.29) is 11.3 Å². The van der Waals surface area contributed by atoms with Crippen molar-refractivity contribution >= 4 is 17.4 Å². The van der Waals surface area contributed by atoms with E-state index in [2.05, 4.69) is 30.3 Å². The molecule has 4 rings (SSSR count). The Morgan fingerprint density at radius 3 is 2.00 bits per heavy atom. The zero-order valence-corrected chi connectivity index (χ0v) is 19.9. The number of benzene rings is 2. The quantitative estimate of drug-likeness (QED) is 0.422. The fraction of sp³-hybridized carbons (Fsp3) is 0.517. The van der Waals surface area contributed by atoms with Gasteiger partial charge in [0.1, 0.15) is 5.78 Å². The van der Waals surface area contributed by atoms with Crippen LogP contribution in [0.2, 0.25) is 0 Å². The third-order valence-corrected chi connectivity index (χ3v) is 8.53. The van der Waals surface area contributed by atoms with Crippen molar-refractivity contribution < 1.29 is 4.79 Å². The van der Waals surface area contributed by atoms with Crippen LogP contribution in [0.3, 0.4) is 0 Å². The van der Waals surface area contributed by atoms with E-state index >= 15 is 0 Å². The van der Waals surface area contributed by atoms with Gasteiger partial charge in [-0.05, 0) is 111 Å². The average molecular weight is 448 g/mol. The molecular weight excluding hydrogens is 414 g/mol. The number of nitrogens with zero attached hydrogens (tertiary/aromatic N) is 1. The molecule has 2 aliphatic carbocycles. The van der Waals surface area contributed by atoms with Gasteiger partial charge in [-0.3, -0.25) is 4.79 Å².